The molecule has 168 valence electrons. The molecule has 1 aliphatic rings. The molecular formula is C25H25N5O3. The van der Waals surface area contributed by atoms with Gasteiger partial charge in [-0.15, -0.1) is 0 Å². The molecule has 1 atom stereocenters. The molecule has 8 heteroatoms. The SMILES string of the molecule is Cc1ccc2oc(=O)n(CC(=O)N3CCC[C@H](c4ccc(-c5ccc(N)nc5)cn4)C3)c2c1. The fourth-order valence-corrected chi connectivity index (χ4v) is 4.40. The number of nitrogens with two attached hydrogens (primary N) is 1. The molecule has 8 nitrogen and oxygen atoms in total. The molecule has 0 unspecified atom stereocenters. The van der Waals surface area contributed by atoms with Gasteiger partial charge in [-0.2, -0.15) is 0 Å². The van der Waals surface area contributed by atoms with Crippen molar-refractivity contribution in [3.63, 3.8) is 0 Å². The van der Waals surface area contributed by atoms with Crippen molar-refractivity contribution in [2.45, 2.75) is 32.2 Å². The zero-order valence-electron chi connectivity index (χ0n) is 18.4. The first-order valence-corrected chi connectivity index (χ1v) is 11.0. The fourth-order valence-electron chi connectivity index (χ4n) is 4.40. The summed E-state index contributed by atoms with van der Waals surface area (Å²) >= 11 is 0. The fraction of sp³-hybridized carbons (Fsp3) is 0.280. The Morgan fingerprint density at radius 3 is 2.64 bits per heavy atom. The van der Waals surface area contributed by atoms with E-state index >= 15 is 0 Å². The summed E-state index contributed by atoms with van der Waals surface area (Å²) in [6.07, 6.45) is 5.42. The van der Waals surface area contributed by atoms with Crippen molar-refractivity contribution >= 4 is 22.8 Å². The van der Waals surface area contributed by atoms with E-state index in [4.69, 9.17) is 10.2 Å². The lowest BCUT2D eigenvalue weighted by molar-refractivity contribution is -0.133. The summed E-state index contributed by atoms with van der Waals surface area (Å²) < 4.78 is 6.72. The molecule has 0 spiro atoms. The number of hydrogen-bond donors (Lipinski definition) is 1. The van der Waals surface area contributed by atoms with E-state index in [2.05, 4.69) is 9.97 Å². The number of aryl methyl sites for hydroxylation is 1. The van der Waals surface area contributed by atoms with Crippen LogP contribution >= 0.6 is 0 Å². The molecule has 5 rings (SSSR count). The Kier molecular flexibility index (Phi) is 5.42. The van der Waals surface area contributed by atoms with Crippen molar-refractivity contribution in [1.29, 1.82) is 0 Å². The zero-order chi connectivity index (χ0) is 22.9. The van der Waals surface area contributed by atoms with E-state index in [-0.39, 0.29) is 18.4 Å². The lowest BCUT2D eigenvalue weighted by Crippen LogP contribution is -2.41. The number of carbonyl (C=O) groups is 1. The Morgan fingerprint density at radius 1 is 1.12 bits per heavy atom. The molecule has 4 heterocycles. The Labute approximate surface area is 190 Å². The predicted octanol–water partition coefficient (Wildman–Crippen LogP) is 3.35. The van der Waals surface area contributed by atoms with Gasteiger partial charge >= 0.3 is 5.76 Å². The summed E-state index contributed by atoms with van der Waals surface area (Å²) in [5.74, 6) is 0.0416. The molecular weight excluding hydrogens is 418 g/mol. The van der Waals surface area contributed by atoms with Gasteiger partial charge in [0.15, 0.2) is 5.58 Å². The molecule has 2 N–H and O–H groups in total. The highest BCUT2D eigenvalue weighted by Gasteiger charge is 2.26. The minimum Gasteiger partial charge on any atom is -0.408 e. The highest BCUT2D eigenvalue weighted by molar-refractivity contribution is 5.80. The molecule has 33 heavy (non-hydrogen) atoms. The molecule has 0 radical (unpaired) electrons. The van der Waals surface area contributed by atoms with Gasteiger partial charge in [0.05, 0.1) is 5.52 Å². The van der Waals surface area contributed by atoms with Gasteiger partial charge in [0.2, 0.25) is 5.91 Å². The van der Waals surface area contributed by atoms with Crippen LogP contribution in [0, 0.1) is 6.92 Å². The number of rotatable bonds is 4. The van der Waals surface area contributed by atoms with Gasteiger partial charge in [0, 0.05) is 48.2 Å². The van der Waals surface area contributed by atoms with Gasteiger partial charge in [-0.1, -0.05) is 12.1 Å². The van der Waals surface area contributed by atoms with Crippen LogP contribution in [0.25, 0.3) is 22.2 Å². The number of likely N-dealkylation sites (tertiary alicyclic amines) is 1. The third-order valence-electron chi connectivity index (χ3n) is 6.21. The first-order chi connectivity index (χ1) is 16.0. The summed E-state index contributed by atoms with van der Waals surface area (Å²) in [5.41, 5.74) is 10.7. The number of nitrogen functional groups attached to an aromatic ring is 1. The first kappa shape index (κ1) is 20.9. The summed E-state index contributed by atoms with van der Waals surface area (Å²) in [6.45, 7) is 3.17. The third kappa shape index (κ3) is 4.24. The van der Waals surface area contributed by atoms with Crippen LogP contribution in [0.15, 0.2) is 64.1 Å². The predicted molar refractivity (Wildman–Crippen MR) is 126 cm³/mol. The molecule has 1 fully saturated rings. The van der Waals surface area contributed by atoms with E-state index < -0.39 is 5.76 Å². The van der Waals surface area contributed by atoms with Gasteiger partial charge in [-0.05, 0) is 55.7 Å². The van der Waals surface area contributed by atoms with Crippen LogP contribution in [-0.2, 0) is 11.3 Å². The summed E-state index contributed by atoms with van der Waals surface area (Å²) in [6, 6.07) is 13.2. The van der Waals surface area contributed by atoms with Gasteiger partial charge < -0.3 is 15.1 Å². The zero-order valence-corrected chi connectivity index (χ0v) is 18.4. The second kappa shape index (κ2) is 8.54. The van der Waals surface area contributed by atoms with E-state index in [1.165, 1.54) is 4.57 Å². The number of aromatic nitrogens is 3. The van der Waals surface area contributed by atoms with E-state index in [1.807, 2.05) is 48.4 Å². The van der Waals surface area contributed by atoms with Crippen molar-refractivity contribution < 1.29 is 9.21 Å². The summed E-state index contributed by atoms with van der Waals surface area (Å²) in [7, 11) is 0. The molecule has 1 amide bonds. The first-order valence-electron chi connectivity index (χ1n) is 11.0. The van der Waals surface area contributed by atoms with Gasteiger partial charge in [0.25, 0.3) is 0 Å². The second-order valence-electron chi connectivity index (χ2n) is 8.55. The Morgan fingerprint density at radius 2 is 1.91 bits per heavy atom. The molecule has 4 aromatic rings. The second-order valence-corrected chi connectivity index (χ2v) is 8.55. The highest BCUT2D eigenvalue weighted by Crippen LogP contribution is 2.28. The number of benzene rings is 1. The van der Waals surface area contributed by atoms with E-state index in [0.29, 0.717) is 30.0 Å². The Hall–Kier alpha value is -3.94. The van der Waals surface area contributed by atoms with Crippen LogP contribution in [0.4, 0.5) is 5.82 Å². The molecule has 0 bridgehead atoms. The van der Waals surface area contributed by atoms with Gasteiger partial charge in [-0.3, -0.25) is 14.3 Å². The monoisotopic (exact) mass is 443 g/mol. The highest BCUT2D eigenvalue weighted by atomic mass is 16.4. The minimum atomic E-state index is -0.507. The summed E-state index contributed by atoms with van der Waals surface area (Å²) in [5, 5.41) is 0. The van der Waals surface area contributed by atoms with E-state index in [0.717, 1.165) is 35.2 Å². The summed E-state index contributed by atoms with van der Waals surface area (Å²) in [4.78, 5) is 36.0. The van der Waals surface area contributed by atoms with Crippen LogP contribution in [0.5, 0.6) is 0 Å². The van der Waals surface area contributed by atoms with E-state index in [1.54, 1.807) is 18.3 Å². The van der Waals surface area contributed by atoms with Crippen molar-refractivity contribution in [3.8, 4) is 11.1 Å². The number of nitrogens with zero attached hydrogens (tertiary/aromatic N) is 4. The number of oxazole rings is 1. The van der Waals surface area contributed by atoms with Crippen LogP contribution < -0.4 is 11.5 Å². The van der Waals surface area contributed by atoms with E-state index in [9.17, 15) is 9.59 Å². The number of fused-ring (bicyclic) bond motifs is 1. The normalized spacial score (nSPS) is 16.3. The topological polar surface area (TPSA) is 107 Å². The molecule has 0 aliphatic carbocycles. The van der Waals surface area contributed by atoms with Gasteiger partial charge in [-0.25, -0.2) is 9.78 Å². The average Bonchev–Trinajstić information content (AvgIpc) is 3.14. The Balaban J connectivity index is 1.30. The maximum Gasteiger partial charge on any atom is 0.420 e. The maximum absolute atomic E-state index is 13.1. The standard InChI is InChI=1S/C25H25N5O3/c1-16-4-8-22-21(11-16)30(25(32)33-22)15-24(31)29-10-2-3-19(14-29)20-7-5-17(12-27-20)18-6-9-23(26)28-13-18/h4-9,11-13,19H,2-3,10,14-15H2,1H3,(H2,26,28)/t19-/m0/s1. The molecule has 0 saturated carbocycles. The number of amides is 1. The molecule has 3 aromatic heterocycles. The van der Waals surface area contributed by atoms with Crippen molar-refractivity contribution in [2.24, 2.45) is 0 Å². The quantitative estimate of drug-likeness (QED) is 0.518. The van der Waals surface area contributed by atoms with Crippen LogP contribution in [0.1, 0.15) is 30.0 Å². The lowest BCUT2D eigenvalue weighted by atomic mass is 9.93. The number of piperidine rings is 1. The van der Waals surface area contributed by atoms with Crippen LogP contribution in [0.3, 0.4) is 0 Å². The number of hydrogen-bond acceptors (Lipinski definition) is 6. The van der Waals surface area contributed by atoms with Crippen molar-refractivity contribution in [2.75, 3.05) is 18.8 Å². The number of pyridine rings is 2. The lowest BCUT2D eigenvalue weighted by Gasteiger charge is -2.32. The number of carbonyl (C=O) groups excluding carboxylic acids is 1. The van der Waals surface area contributed by atoms with Gasteiger partial charge in [0.1, 0.15) is 12.4 Å². The average molecular weight is 444 g/mol. The molecule has 1 aliphatic heterocycles. The van der Waals surface area contributed by atoms with Crippen LogP contribution in [-0.4, -0.2) is 38.4 Å². The third-order valence-corrected chi connectivity index (χ3v) is 6.21. The van der Waals surface area contributed by atoms with Crippen molar-refractivity contribution in [1.82, 2.24) is 19.4 Å². The minimum absolute atomic E-state index is 0.0293. The molecule has 1 saturated heterocycles. The largest absolute Gasteiger partial charge is 0.420 e. The van der Waals surface area contributed by atoms with Crippen LogP contribution in [0.2, 0.25) is 0 Å². The maximum atomic E-state index is 13.1. The Bertz CT molecular complexity index is 1360. The molecule has 1 aromatic carbocycles. The smallest absolute Gasteiger partial charge is 0.408 e. The number of anilines is 1. The van der Waals surface area contributed by atoms with Crippen molar-refractivity contribution in [3.05, 3.63) is 76.7 Å².